The number of amides is 1. The number of fused-ring (bicyclic) bond motifs is 1. The molecule has 22 heavy (non-hydrogen) atoms. The third kappa shape index (κ3) is 4.13. The SMILES string of the molecule is CC(C)(O)CNc1cccc2c1CCN2C(=O)OC(C)(C)C. The molecule has 5 heteroatoms. The van der Waals surface area contributed by atoms with E-state index in [2.05, 4.69) is 5.32 Å². The van der Waals surface area contributed by atoms with Gasteiger partial charge in [-0.05, 0) is 53.2 Å². The smallest absolute Gasteiger partial charge is 0.414 e. The van der Waals surface area contributed by atoms with Crippen molar-refractivity contribution in [3.05, 3.63) is 23.8 Å². The molecule has 0 aromatic heterocycles. The van der Waals surface area contributed by atoms with Crippen LogP contribution in [-0.4, -0.2) is 35.5 Å². The Balaban J connectivity index is 2.17. The van der Waals surface area contributed by atoms with Crippen LogP contribution in [0.4, 0.5) is 16.2 Å². The van der Waals surface area contributed by atoms with Crippen LogP contribution in [0.2, 0.25) is 0 Å². The van der Waals surface area contributed by atoms with Gasteiger partial charge in [-0.25, -0.2) is 4.79 Å². The van der Waals surface area contributed by atoms with E-state index in [4.69, 9.17) is 4.74 Å². The van der Waals surface area contributed by atoms with Gasteiger partial charge in [-0.3, -0.25) is 4.90 Å². The Morgan fingerprint density at radius 1 is 1.32 bits per heavy atom. The van der Waals surface area contributed by atoms with Crippen molar-refractivity contribution in [2.24, 2.45) is 0 Å². The van der Waals surface area contributed by atoms with Gasteiger partial charge in [0.15, 0.2) is 0 Å². The maximum atomic E-state index is 12.3. The molecule has 0 saturated carbocycles. The third-order valence-electron chi connectivity index (χ3n) is 3.35. The lowest BCUT2D eigenvalue weighted by Crippen LogP contribution is -2.35. The number of rotatable bonds is 3. The molecule has 5 nitrogen and oxygen atoms in total. The van der Waals surface area contributed by atoms with Gasteiger partial charge in [0.2, 0.25) is 0 Å². The summed E-state index contributed by atoms with van der Waals surface area (Å²) in [6, 6.07) is 5.82. The minimum atomic E-state index is -0.786. The van der Waals surface area contributed by atoms with Gasteiger partial charge < -0.3 is 15.2 Å². The first-order valence-electron chi connectivity index (χ1n) is 7.65. The van der Waals surface area contributed by atoms with E-state index in [0.29, 0.717) is 13.1 Å². The van der Waals surface area contributed by atoms with Gasteiger partial charge in [0.1, 0.15) is 5.60 Å². The minimum Gasteiger partial charge on any atom is -0.443 e. The van der Waals surface area contributed by atoms with Crippen LogP contribution < -0.4 is 10.2 Å². The highest BCUT2D eigenvalue weighted by Gasteiger charge is 2.30. The molecule has 1 aromatic rings. The quantitative estimate of drug-likeness (QED) is 0.900. The van der Waals surface area contributed by atoms with Gasteiger partial charge >= 0.3 is 6.09 Å². The molecule has 0 spiro atoms. The van der Waals surface area contributed by atoms with Crippen molar-refractivity contribution in [3.8, 4) is 0 Å². The number of anilines is 2. The molecule has 0 saturated heterocycles. The minimum absolute atomic E-state index is 0.314. The maximum absolute atomic E-state index is 12.3. The number of carbonyl (C=O) groups excluding carboxylic acids is 1. The topological polar surface area (TPSA) is 61.8 Å². The van der Waals surface area contributed by atoms with Crippen molar-refractivity contribution in [1.82, 2.24) is 0 Å². The Morgan fingerprint density at radius 2 is 2.00 bits per heavy atom. The fourth-order valence-electron chi connectivity index (χ4n) is 2.42. The van der Waals surface area contributed by atoms with E-state index < -0.39 is 11.2 Å². The third-order valence-corrected chi connectivity index (χ3v) is 3.35. The molecule has 1 aliphatic rings. The van der Waals surface area contributed by atoms with Crippen molar-refractivity contribution in [3.63, 3.8) is 0 Å². The molecular formula is C17H26N2O3. The van der Waals surface area contributed by atoms with Gasteiger partial charge in [0.05, 0.1) is 11.3 Å². The van der Waals surface area contributed by atoms with Gasteiger partial charge in [0.25, 0.3) is 0 Å². The number of benzene rings is 1. The maximum Gasteiger partial charge on any atom is 0.414 e. The Bertz CT molecular complexity index is 556. The van der Waals surface area contributed by atoms with Crippen LogP contribution in [0.3, 0.4) is 0 Å². The van der Waals surface area contributed by atoms with Gasteiger partial charge in [-0.15, -0.1) is 0 Å². The molecule has 2 N–H and O–H groups in total. The zero-order valence-corrected chi connectivity index (χ0v) is 14.1. The standard InChI is InChI=1S/C17H26N2O3/c1-16(2,3)22-15(20)19-10-9-12-13(7-6-8-14(12)19)18-11-17(4,5)21/h6-8,18,21H,9-11H2,1-5H3. The highest BCUT2D eigenvalue weighted by molar-refractivity contribution is 5.92. The molecule has 2 rings (SSSR count). The molecule has 0 aliphatic carbocycles. The second-order valence-corrected chi connectivity index (χ2v) is 7.35. The van der Waals surface area contributed by atoms with E-state index in [1.807, 2.05) is 39.0 Å². The van der Waals surface area contributed by atoms with E-state index in [1.165, 1.54) is 0 Å². The number of hydrogen-bond acceptors (Lipinski definition) is 4. The Hall–Kier alpha value is -1.75. The largest absolute Gasteiger partial charge is 0.443 e. The Labute approximate surface area is 132 Å². The number of carbonyl (C=O) groups is 1. The molecule has 1 aromatic carbocycles. The highest BCUT2D eigenvalue weighted by Crippen LogP contribution is 2.34. The zero-order valence-electron chi connectivity index (χ0n) is 14.1. The van der Waals surface area contributed by atoms with Crippen molar-refractivity contribution in [1.29, 1.82) is 0 Å². The lowest BCUT2D eigenvalue weighted by molar-refractivity contribution is 0.0584. The first kappa shape index (κ1) is 16.6. The summed E-state index contributed by atoms with van der Waals surface area (Å²) < 4.78 is 5.46. The summed E-state index contributed by atoms with van der Waals surface area (Å²) in [5, 5.41) is 13.1. The predicted molar refractivity (Wildman–Crippen MR) is 88.5 cm³/mol. The van der Waals surface area contributed by atoms with Crippen molar-refractivity contribution >= 4 is 17.5 Å². The lowest BCUT2D eigenvalue weighted by atomic mass is 10.1. The van der Waals surface area contributed by atoms with E-state index in [0.717, 1.165) is 23.4 Å². The van der Waals surface area contributed by atoms with Crippen molar-refractivity contribution in [2.75, 3.05) is 23.3 Å². The number of nitrogens with zero attached hydrogens (tertiary/aromatic N) is 1. The van der Waals surface area contributed by atoms with Crippen LogP contribution in [0.25, 0.3) is 0 Å². The van der Waals surface area contributed by atoms with Crippen molar-refractivity contribution < 1.29 is 14.6 Å². The van der Waals surface area contributed by atoms with Gasteiger partial charge in [0, 0.05) is 24.3 Å². The average molecular weight is 306 g/mol. The highest BCUT2D eigenvalue weighted by atomic mass is 16.6. The summed E-state index contributed by atoms with van der Waals surface area (Å²) in [6.07, 6.45) is 0.467. The lowest BCUT2D eigenvalue weighted by Gasteiger charge is -2.25. The fraction of sp³-hybridized carbons (Fsp3) is 0.588. The van der Waals surface area contributed by atoms with Gasteiger partial charge in [-0.1, -0.05) is 6.07 Å². The van der Waals surface area contributed by atoms with E-state index in [1.54, 1.807) is 18.7 Å². The zero-order chi connectivity index (χ0) is 16.5. The molecule has 1 amide bonds. The monoisotopic (exact) mass is 306 g/mol. The summed E-state index contributed by atoms with van der Waals surface area (Å²) in [5.74, 6) is 0. The summed E-state index contributed by atoms with van der Waals surface area (Å²) >= 11 is 0. The van der Waals surface area contributed by atoms with Crippen LogP contribution in [-0.2, 0) is 11.2 Å². The summed E-state index contributed by atoms with van der Waals surface area (Å²) in [5.41, 5.74) is 1.65. The summed E-state index contributed by atoms with van der Waals surface area (Å²) in [4.78, 5) is 14.0. The van der Waals surface area contributed by atoms with Crippen LogP contribution in [0.1, 0.15) is 40.2 Å². The molecule has 0 atom stereocenters. The number of ether oxygens (including phenoxy) is 1. The molecule has 122 valence electrons. The van der Waals surface area contributed by atoms with Crippen LogP contribution in [0.5, 0.6) is 0 Å². The number of nitrogens with one attached hydrogen (secondary N) is 1. The van der Waals surface area contributed by atoms with Crippen molar-refractivity contribution in [2.45, 2.75) is 52.2 Å². The molecule has 0 radical (unpaired) electrons. The van der Waals surface area contributed by atoms with Crippen LogP contribution in [0.15, 0.2) is 18.2 Å². The van der Waals surface area contributed by atoms with E-state index >= 15 is 0 Å². The first-order chi connectivity index (χ1) is 10.1. The number of hydrogen-bond donors (Lipinski definition) is 2. The molecule has 1 heterocycles. The average Bonchev–Trinajstić information content (AvgIpc) is 2.77. The molecular weight excluding hydrogens is 280 g/mol. The second-order valence-electron chi connectivity index (χ2n) is 7.35. The fourth-order valence-corrected chi connectivity index (χ4v) is 2.42. The molecule has 0 fully saturated rings. The second kappa shape index (κ2) is 5.80. The van der Waals surface area contributed by atoms with Crippen LogP contribution in [0, 0.1) is 0 Å². The Kier molecular flexibility index (Phi) is 4.38. The van der Waals surface area contributed by atoms with Crippen LogP contribution >= 0.6 is 0 Å². The number of aliphatic hydroxyl groups is 1. The summed E-state index contributed by atoms with van der Waals surface area (Å²) in [7, 11) is 0. The predicted octanol–water partition coefficient (Wildman–Crippen LogP) is 3.17. The molecule has 0 bridgehead atoms. The molecule has 1 aliphatic heterocycles. The normalized spacial score (nSPS) is 14.7. The summed E-state index contributed by atoms with van der Waals surface area (Å²) in [6.45, 7) is 10.2. The van der Waals surface area contributed by atoms with E-state index in [-0.39, 0.29) is 6.09 Å². The molecule has 0 unspecified atom stereocenters. The van der Waals surface area contributed by atoms with Gasteiger partial charge in [-0.2, -0.15) is 0 Å². The first-order valence-corrected chi connectivity index (χ1v) is 7.65. The van der Waals surface area contributed by atoms with E-state index in [9.17, 15) is 9.90 Å². The Morgan fingerprint density at radius 3 is 2.59 bits per heavy atom.